The van der Waals surface area contributed by atoms with Crippen molar-refractivity contribution in [2.24, 2.45) is 0 Å². The van der Waals surface area contributed by atoms with Gasteiger partial charge < -0.3 is 20.5 Å². The second kappa shape index (κ2) is 12.6. The number of carbonyl (C=O) groups excluding carboxylic acids is 2. The van der Waals surface area contributed by atoms with Crippen LogP contribution in [0.2, 0.25) is 0 Å². The number of nitrogens with one attached hydrogen (secondary N) is 2. The van der Waals surface area contributed by atoms with Gasteiger partial charge in [0, 0.05) is 38.0 Å². The van der Waals surface area contributed by atoms with E-state index in [1.807, 2.05) is 61.5 Å². The van der Waals surface area contributed by atoms with Gasteiger partial charge in [-0.15, -0.1) is 0 Å². The number of hydrogen-bond acceptors (Lipinski definition) is 5. The Balaban J connectivity index is 1.30. The molecule has 1 saturated heterocycles. The zero-order chi connectivity index (χ0) is 28.8. The van der Waals surface area contributed by atoms with Gasteiger partial charge in [-0.1, -0.05) is 85.8 Å². The van der Waals surface area contributed by atoms with Gasteiger partial charge in [0.1, 0.15) is 12.1 Å². The molecule has 3 N–H and O–H groups in total. The number of ether oxygens (including phenoxy) is 1. The zero-order valence-corrected chi connectivity index (χ0v) is 23.3. The van der Waals surface area contributed by atoms with Gasteiger partial charge in [0.15, 0.2) is 0 Å². The Labute approximate surface area is 240 Å². The maximum atomic E-state index is 13.7. The Hall–Kier alpha value is -4.17. The number of likely N-dealkylation sites (tertiary alicyclic amines) is 1. The third kappa shape index (κ3) is 6.43. The molecule has 0 saturated carbocycles. The van der Waals surface area contributed by atoms with E-state index in [4.69, 9.17) is 9.84 Å². The lowest BCUT2D eigenvalue weighted by molar-refractivity contribution is -0.137. The maximum Gasteiger partial charge on any atom is 0.408 e. The predicted octanol–water partition coefficient (Wildman–Crippen LogP) is 4.93. The molecule has 8 nitrogen and oxygen atoms in total. The lowest BCUT2D eigenvalue weighted by Crippen LogP contribution is -2.61. The van der Waals surface area contributed by atoms with E-state index in [1.54, 1.807) is 0 Å². The highest BCUT2D eigenvalue weighted by Gasteiger charge is 2.47. The van der Waals surface area contributed by atoms with Gasteiger partial charge in [0.05, 0.1) is 0 Å². The number of aliphatic carboxylic acids is 1. The first-order valence-electron chi connectivity index (χ1n) is 14.3. The Morgan fingerprint density at radius 1 is 0.976 bits per heavy atom. The zero-order valence-electron chi connectivity index (χ0n) is 23.3. The van der Waals surface area contributed by atoms with E-state index >= 15 is 0 Å². The molecule has 2 aliphatic rings. The van der Waals surface area contributed by atoms with Crippen molar-refractivity contribution >= 4 is 18.0 Å². The molecule has 3 aromatic rings. The number of amides is 2. The maximum absolute atomic E-state index is 13.7. The monoisotopic (exact) mass is 555 g/mol. The Bertz CT molecular complexity index is 1350. The van der Waals surface area contributed by atoms with E-state index < -0.39 is 17.6 Å². The number of fused-ring (bicyclic) bond motifs is 3. The van der Waals surface area contributed by atoms with Crippen LogP contribution in [-0.2, 0) is 20.9 Å². The largest absolute Gasteiger partial charge is 0.481 e. The second-order valence-corrected chi connectivity index (χ2v) is 11.0. The van der Waals surface area contributed by atoms with Crippen molar-refractivity contribution in [1.29, 1.82) is 0 Å². The fourth-order valence-corrected chi connectivity index (χ4v) is 6.04. The van der Waals surface area contributed by atoms with Crippen molar-refractivity contribution < 1.29 is 24.2 Å². The molecule has 1 fully saturated rings. The number of rotatable bonds is 11. The van der Waals surface area contributed by atoms with Crippen molar-refractivity contribution in [1.82, 2.24) is 15.5 Å². The minimum Gasteiger partial charge on any atom is -0.481 e. The smallest absolute Gasteiger partial charge is 0.408 e. The molecule has 0 bridgehead atoms. The third-order valence-corrected chi connectivity index (χ3v) is 8.25. The highest BCUT2D eigenvalue weighted by atomic mass is 16.5. The Morgan fingerprint density at radius 2 is 1.61 bits per heavy atom. The van der Waals surface area contributed by atoms with Gasteiger partial charge >= 0.3 is 12.1 Å². The summed E-state index contributed by atoms with van der Waals surface area (Å²) in [5, 5.41) is 15.1. The summed E-state index contributed by atoms with van der Waals surface area (Å²) in [6, 6.07) is 26.0. The number of carbonyl (C=O) groups is 3. The van der Waals surface area contributed by atoms with E-state index in [2.05, 4.69) is 39.8 Å². The minimum absolute atomic E-state index is 0.0360. The molecule has 214 valence electrons. The number of alkyl carbamates (subject to hydrolysis) is 1. The number of benzene rings is 3. The summed E-state index contributed by atoms with van der Waals surface area (Å²) < 4.78 is 5.81. The van der Waals surface area contributed by atoms with Gasteiger partial charge in [-0.3, -0.25) is 14.5 Å². The first-order chi connectivity index (χ1) is 19.9. The second-order valence-electron chi connectivity index (χ2n) is 11.0. The number of nitrogens with zero attached hydrogens (tertiary/aromatic N) is 1. The molecule has 0 radical (unpaired) electrons. The van der Waals surface area contributed by atoms with E-state index in [0.717, 1.165) is 27.8 Å². The van der Waals surface area contributed by atoms with Crippen molar-refractivity contribution in [3.05, 3.63) is 95.6 Å². The van der Waals surface area contributed by atoms with Gasteiger partial charge in [0.25, 0.3) is 0 Å². The lowest BCUT2D eigenvalue weighted by atomic mass is 9.96. The molecular formula is C33H37N3O5. The van der Waals surface area contributed by atoms with Crippen LogP contribution >= 0.6 is 0 Å². The molecule has 2 amide bonds. The first-order valence-corrected chi connectivity index (χ1v) is 14.3. The highest BCUT2D eigenvalue weighted by molar-refractivity contribution is 5.91. The van der Waals surface area contributed by atoms with Gasteiger partial charge in [-0.25, -0.2) is 4.79 Å². The van der Waals surface area contributed by atoms with Gasteiger partial charge in [0.2, 0.25) is 5.91 Å². The van der Waals surface area contributed by atoms with Crippen LogP contribution < -0.4 is 10.6 Å². The molecule has 1 aliphatic carbocycles. The highest BCUT2D eigenvalue weighted by Crippen LogP contribution is 2.44. The van der Waals surface area contributed by atoms with Crippen LogP contribution in [-0.4, -0.2) is 59.3 Å². The fourth-order valence-electron chi connectivity index (χ4n) is 6.04. The summed E-state index contributed by atoms with van der Waals surface area (Å²) in [7, 11) is 0. The standard InChI is InChI=1S/C33H37N3O5/c1-2-24(16-17-30(37)38)34-31(39)33(18-19-36(22-33)20-23-10-4-3-5-11-23)35-32(40)41-21-29-27-14-8-6-12-25(27)26-13-7-9-15-28(26)29/h3-15,24,29H,2,16-22H2,1H3,(H,34,39)(H,35,40)(H,37,38). The molecular weight excluding hydrogens is 518 g/mol. The van der Waals surface area contributed by atoms with Crippen molar-refractivity contribution in [2.75, 3.05) is 19.7 Å². The molecule has 41 heavy (non-hydrogen) atoms. The quantitative estimate of drug-likeness (QED) is 0.310. The molecule has 1 aliphatic heterocycles. The molecule has 0 spiro atoms. The topological polar surface area (TPSA) is 108 Å². The van der Waals surface area contributed by atoms with Crippen LogP contribution in [0.1, 0.15) is 55.2 Å². The van der Waals surface area contributed by atoms with Crippen LogP contribution in [0.15, 0.2) is 78.9 Å². The summed E-state index contributed by atoms with van der Waals surface area (Å²) in [6.45, 7) is 3.67. The fraction of sp³-hybridized carbons (Fsp3) is 0.364. The Kier molecular flexibility index (Phi) is 8.69. The lowest BCUT2D eigenvalue weighted by Gasteiger charge is -2.31. The minimum atomic E-state index is -1.19. The van der Waals surface area contributed by atoms with E-state index in [0.29, 0.717) is 38.9 Å². The van der Waals surface area contributed by atoms with Crippen LogP contribution in [0.25, 0.3) is 11.1 Å². The molecule has 3 aromatic carbocycles. The molecule has 2 atom stereocenters. The van der Waals surface area contributed by atoms with Crippen molar-refractivity contribution in [3.63, 3.8) is 0 Å². The van der Waals surface area contributed by atoms with E-state index in [1.165, 1.54) is 0 Å². The van der Waals surface area contributed by atoms with Gasteiger partial charge in [-0.05, 0) is 47.1 Å². The van der Waals surface area contributed by atoms with Gasteiger partial charge in [-0.2, -0.15) is 0 Å². The predicted molar refractivity (Wildman–Crippen MR) is 156 cm³/mol. The van der Waals surface area contributed by atoms with Crippen LogP contribution in [0, 0.1) is 0 Å². The molecule has 1 heterocycles. The average Bonchev–Trinajstić information content (AvgIpc) is 3.53. The van der Waals surface area contributed by atoms with Crippen molar-refractivity contribution in [3.8, 4) is 11.1 Å². The first kappa shape index (κ1) is 28.4. The summed E-state index contributed by atoms with van der Waals surface area (Å²) in [5.41, 5.74) is 4.46. The number of carboxylic acid groups (broad SMARTS) is 1. The molecule has 5 rings (SSSR count). The van der Waals surface area contributed by atoms with E-state index in [9.17, 15) is 14.4 Å². The average molecular weight is 556 g/mol. The SMILES string of the molecule is CCC(CCC(=O)O)NC(=O)C1(NC(=O)OCC2c3ccccc3-c3ccccc32)CCN(Cc2ccccc2)C1. The molecule has 8 heteroatoms. The van der Waals surface area contributed by atoms with E-state index in [-0.39, 0.29) is 30.9 Å². The number of carboxylic acids is 1. The van der Waals surface area contributed by atoms with Crippen LogP contribution in [0.3, 0.4) is 0 Å². The summed E-state index contributed by atoms with van der Waals surface area (Å²) in [6.07, 6.45) is 0.666. The summed E-state index contributed by atoms with van der Waals surface area (Å²) in [4.78, 5) is 40.3. The summed E-state index contributed by atoms with van der Waals surface area (Å²) in [5.74, 6) is -1.30. The normalized spacial score (nSPS) is 18.8. The summed E-state index contributed by atoms with van der Waals surface area (Å²) >= 11 is 0. The van der Waals surface area contributed by atoms with Crippen LogP contribution in [0.5, 0.6) is 0 Å². The number of hydrogen-bond donors (Lipinski definition) is 3. The Morgan fingerprint density at radius 3 is 2.24 bits per heavy atom. The van der Waals surface area contributed by atoms with Crippen molar-refractivity contribution in [2.45, 2.75) is 56.7 Å². The third-order valence-electron chi connectivity index (χ3n) is 8.25. The van der Waals surface area contributed by atoms with Crippen LogP contribution in [0.4, 0.5) is 4.79 Å². The molecule has 2 unspecified atom stereocenters. The molecule has 0 aromatic heterocycles.